The van der Waals surface area contributed by atoms with E-state index in [0.717, 1.165) is 30.2 Å². The maximum Gasteiger partial charge on any atom is 0.432 e. The van der Waals surface area contributed by atoms with E-state index in [2.05, 4.69) is 15.2 Å². The van der Waals surface area contributed by atoms with Crippen molar-refractivity contribution >= 4 is 23.0 Å². The quantitative estimate of drug-likeness (QED) is 0.267. The third-order valence-electron chi connectivity index (χ3n) is 4.41. The molecule has 0 atom stereocenters. The van der Waals surface area contributed by atoms with Crippen LogP contribution in [0.15, 0.2) is 28.3 Å². The summed E-state index contributed by atoms with van der Waals surface area (Å²) in [7, 11) is 0. The highest BCUT2D eigenvalue weighted by molar-refractivity contribution is 7.09. The second-order valence-corrected chi connectivity index (χ2v) is 9.36. The second-order valence-electron chi connectivity index (χ2n) is 8.41. The van der Waals surface area contributed by atoms with Crippen LogP contribution in [0.2, 0.25) is 0 Å². The topological polar surface area (TPSA) is 68.8 Å². The highest BCUT2D eigenvalue weighted by atomic mass is 32.1. The Morgan fingerprint density at radius 1 is 1.15 bits per heavy atom. The van der Waals surface area contributed by atoms with Crippen LogP contribution < -0.4 is 9.64 Å². The Morgan fingerprint density at radius 3 is 2.32 bits per heavy atom. The van der Waals surface area contributed by atoms with E-state index in [1.807, 2.05) is 27.7 Å². The van der Waals surface area contributed by atoms with Crippen molar-refractivity contribution in [1.82, 2.24) is 9.78 Å². The van der Waals surface area contributed by atoms with E-state index in [1.165, 1.54) is 4.68 Å². The fourth-order valence-electron chi connectivity index (χ4n) is 2.42. The number of unbranched alkanes of at least 4 members (excludes halogenated alkanes) is 1. The SMILES string of the molecule is CCCCn1nc(C(C)(C)C)sc1=NC(=O)c1cc(C(F)(F)F)ccc1O/N=C(\C)C(F)(F)F. The maximum absolute atomic E-state index is 13.2. The summed E-state index contributed by atoms with van der Waals surface area (Å²) in [5, 5.41) is 8.02. The van der Waals surface area contributed by atoms with Gasteiger partial charge in [-0.05, 0) is 31.5 Å². The van der Waals surface area contributed by atoms with Crippen molar-refractivity contribution in [3.63, 3.8) is 0 Å². The Balaban J connectivity index is 2.61. The van der Waals surface area contributed by atoms with Gasteiger partial charge < -0.3 is 4.84 Å². The largest absolute Gasteiger partial charge is 0.432 e. The number of hydrogen-bond acceptors (Lipinski definition) is 5. The number of amides is 1. The van der Waals surface area contributed by atoms with E-state index in [-0.39, 0.29) is 10.2 Å². The van der Waals surface area contributed by atoms with Crippen LogP contribution in [-0.4, -0.2) is 27.6 Å². The first-order chi connectivity index (χ1) is 15.5. The van der Waals surface area contributed by atoms with Crippen LogP contribution in [-0.2, 0) is 18.1 Å². The fourth-order valence-corrected chi connectivity index (χ4v) is 3.40. The number of rotatable bonds is 6. The Kier molecular flexibility index (Phi) is 8.33. The third-order valence-corrected chi connectivity index (χ3v) is 5.78. The predicted molar refractivity (Wildman–Crippen MR) is 115 cm³/mol. The first kappa shape index (κ1) is 27.5. The lowest BCUT2D eigenvalue weighted by Gasteiger charge is -2.12. The van der Waals surface area contributed by atoms with Gasteiger partial charge in [0.05, 0.1) is 11.1 Å². The molecule has 0 saturated carbocycles. The van der Waals surface area contributed by atoms with Crippen molar-refractivity contribution in [2.75, 3.05) is 0 Å². The van der Waals surface area contributed by atoms with E-state index < -0.39 is 40.8 Å². The molecule has 34 heavy (non-hydrogen) atoms. The smallest absolute Gasteiger partial charge is 0.356 e. The molecular formula is C21H24F6N4O2S. The molecule has 0 aliphatic rings. The first-order valence-corrected chi connectivity index (χ1v) is 11.0. The van der Waals surface area contributed by atoms with Crippen LogP contribution in [0.25, 0.3) is 0 Å². The maximum atomic E-state index is 13.2. The Morgan fingerprint density at radius 2 is 1.79 bits per heavy atom. The number of hydrogen-bond donors (Lipinski definition) is 0. The number of oxime groups is 1. The average molecular weight is 511 g/mol. The molecule has 0 aliphatic carbocycles. The molecule has 188 valence electrons. The molecule has 0 saturated heterocycles. The van der Waals surface area contributed by atoms with Gasteiger partial charge in [0.1, 0.15) is 5.01 Å². The first-order valence-electron chi connectivity index (χ1n) is 10.2. The molecule has 0 aliphatic heterocycles. The van der Waals surface area contributed by atoms with E-state index in [9.17, 15) is 31.1 Å². The summed E-state index contributed by atoms with van der Waals surface area (Å²) in [4.78, 5) is 21.7. The summed E-state index contributed by atoms with van der Waals surface area (Å²) in [6, 6.07) is 1.79. The average Bonchev–Trinajstić information content (AvgIpc) is 3.11. The molecule has 0 bridgehead atoms. The lowest BCUT2D eigenvalue weighted by molar-refractivity contribution is -0.137. The lowest BCUT2D eigenvalue weighted by Crippen LogP contribution is -2.21. The van der Waals surface area contributed by atoms with Crippen LogP contribution >= 0.6 is 11.3 Å². The highest BCUT2D eigenvalue weighted by Gasteiger charge is 2.34. The van der Waals surface area contributed by atoms with Gasteiger partial charge >= 0.3 is 12.4 Å². The van der Waals surface area contributed by atoms with Gasteiger partial charge in [-0.15, -0.1) is 0 Å². The zero-order valence-corrected chi connectivity index (χ0v) is 20.0. The molecule has 0 fully saturated rings. The van der Waals surface area contributed by atoms with Crippen LogP contribution in [0.1, 0.15) is 68.4 Å². The summed E-state index contributed by atoms with van der Waals surface area (Å²) < 4.78 is 79.3. The number of nitrogens with zero attached hydrogens (tertiary/aromatic N) is 4. The minimum absolute atomic E-state index is 0.154. The van der Waals surface area contributed by atoms with Crippen LogP contribution in [0, 0.1) is 0 Å². The van der Waals surface area contributed by atoms with Crippen LogP contribution in [0.3, 0.4) is 0 Å². The van der Waals surface area contributed by atoms with E-state index in [4.69, 9.17) is 4.84 Å². The number of carbonyl (C=O) groups excluding carboxylic acids is 1. The molecule has 0 unspecified atom stereocenters. The van der Waals surface area contributed by atoms with E-state index in [1.54, 1.807) is 0 Å². The Bertz CT molecular complexity index is 1120. The number of aromatic nitrogens is 2. The molecule has 2 aromatic rings. The van der Waals surface area contributed by atoms with Crippen molar-refractivity contribution in [1.29, 1.82) is 0 Å². The monoisotopic (exact) mass is 510 g/mol. The highest BCUT2D eigenvalue weighted by Crippen LogP contribution is 2.33. The van der Waals surface area contributed by atoms with Gasteiger partial charge in [-0.25, -0.2) is 4.68 Å². The van der Waals surface area contributed by atoms with Crippen LogP contribution in [0.4, 0.5) is 26.3 Å². The lowest BCUT2D eigenvalue weighted by atomic mass is 9.98. The molecule has 1 aromatic carbocycles. The van der Waals surface area contributed by atoms with Gasteiger partial charge in [-0.1, -0.05) is 50.6 Å². The molecule has 1 aromatic heterocycles. The number of halogens is 6. The van der Waals surface area contributed by atoms with Gasteiger partial charge in [0.15, 0.2) is 11.5 Å². The normalized spacial score (nSPS) is 14.0. The molecule has 6 nitrogen and oxygen atoms in total. The summed E-state index contributed by atoms with van der Waals surface area (Å²) in [5.74, 6) is -1.72. The molecule has 2 rings (SSSR count). The molecule has 1 heterocycles. The van der Waals surface area contributed by atoms with Gasteiger partial charge in [0.2, 0.25) is 4.80 Å². The minimum Gasteiger partial charge on any atom is -0.356 e. The van der Waals surface area contributed by atoms with Crippen molar-refractivity contribution in [2.45, 2.75) is 71.8 Å². The molecular weight excluding hydrogens is 486 g/mol. The number of aryl methyl sites for hydroxylation is 1. The van der Waals surface area contributed by atoms with Gasteiger partial charge in [0, 0.05) is 12.0 Å². The van der Waals surface area contributed by atoms with Crippen molar-refractivity contribution in [3.8, 4) is 5.75 Å². The molecule has 13 heteroatoms. The van der Waals surface area contributed by atoms with Crippen molar-refractivity contribution in [3.05, 3.63) is 39.1 Å². The molecule has 0 spiro atoms. The summed E-state index contributed by atoms with van der Waals surface area (Å²) >= 11 is 1.10. The molecule has 0 N–H and O–H groups in total. The molecule has 0 radical (unpaired) electrons. The van der Waals surface area contributed by atoms with Crippen LogP contribution in [0.5, 0.6) is 5.75 Å². The number of benzene rings is 1. The Hall–Kier alpha value is -2.70. The Labute approximate surface area is 196 Å². The predicted octanol–water partition coefficient (Wildman–Crippen LogP) is 6.12. The standard InChI is InChI=1S/C21H24F6N4O2S/c1-6-7-10-31-18(34-17(29-31)19(3,4)5)28-16(32)14-11-13(21(25,26)27)8-9-15(14)33-30-12(2)20(22,23)24/h8-9,11H,6-7,10H2,1-5H3/b28-18?,30-12+. The number of alkyl halides is 6. The van der Waals surface area contributed by atoms with Gasteiger partial charge in [-0.3, -0.25) is 4.79 Å². The summed E-state index contributed by atoms with van der Waals surface area (Å²) in [5.41, 5.74) is -3.61. The van der Waals surface area contributed by atoms with E-state index in [0.29, 0.717) is 30.6 Å². The van der Waals surface area contributed by atoms with Gasteiger partial charge in [-0.2, -0.15) is 36.4 Å². The fraction of sp³-hybridized carbons (Fsp3) is 0.524. The summed E-state index contributed by atoms with van der Waals surface area (Å²) in [6.07, 6.45) is -8.07. The van der Waals surface area contributed by atoms with Gasteiger partial charge in [0.25, 0.3) is 5.91 Å². The number of carbonyl (C=O) groups is 1. The second kappa shape index (κ2) is 10.3. The summed E-state index contributed by atoms with van der Waals surface area (Å²) in [6.45, 7) is 8.72. The minimum atomic E-state index is -4.81. The molecule has 1 amide bonds. The zero-order valence-electron chi connectivity index (χ0n) is 19.1. The van der Waals surface area contributed by atoms with Crippen molar-refractivity contribution in [2.24, 2.45) is 10.1 Å². The zero-order chi connectivity index (χ0) is 25.9. The van der Waals surface area contributed by atoms with Crippen molar-refractivity contribution < 1.29 is 36.0 Å². The third kappa shape index (κ3) is 7.15. The van der Waals surface area contributed by atoms with E-state index >= 15 is 0 Å².